The maximum Gasteiger partial charge on any atom is 0.454 e. The normalized spacial score (nSPS) is 22.5. The van der Waals surface area contributed by atoms with Gasteiger partial charge in [-0.1, -0.05) is 23.7 Å². The number of benzene rings is 1. The lowest BCUT2D eigenvalue weighted by Gasteiger charge is -2.27. The fraction of sp³-hybridized carbons (Fsp3) is 0.500. The average molecular weight is 422 g/mol. The van der Waals surface area contributed by atoms with Gasteiger partial charge in [-0.25, -0.2) is 8.42 Å². The highest BCUT2D eigenvalue weighted by atomic mass is 35.5. The van der Waals surface area contributed by atoms with E-state index in [9.17, 15) is 35.2 Å². The first-order valence-corrected chi connectivity index (χ1v) is 9.09. The van der Waals surface area contributed by atoms with Gasteiger partial charge in [0, 0.05) is 6.54 Å². The zero-order valence-electron chi connectivity index (χ0n) is 12.9. The van der Waals surface area contributed by atoms with Crippen molar-refractivity contribution in [1.82, 2.24) is 4.90 Å². The lowest BCUT2D eigenvalue weighted by molar-refractivity contribution is -0.287. The van der Waals surface area contributed by atoms with Crippen molar-refractivity contribution in [2.24, 2.45) is 0 Å². The molecule has 0 bridgehead atoms. The molecule has 1 aliphatic rings. The van der Waals surface area contributed by atoms with Crippen LogP contribution in [0.15, 0.2) is 29.2 Å². The van der Waals surface area contributed by atoms with E-state index >= 15 is 0 Å². The summed E-state index contributed by atoms with van der Waals surface area (Å²) in [4.78, 5) is 11.2. The lowest BCUT2D eigenvalue weighted by atomic mass is 10.2. The summed E-state index contributed by atoms with van der Waals surface area (Å²) >= 11 is 5.81. The Labute approximate surface area is 150 Å². The highest BCUT2D eigenvalue weighted by molar-refractivity contribution is 7.92. The number of halogens is 6. The van der Waals surface area contributed by atoms with Crippen molar-refractivity contribution in [2.75, 3.05) is 13.1 Å². The molecular weight excluding hydrogens is 409 g/mol. The molecule has 0 spiro atoms. The molecule has 0 unspecified atom stereocenters. The minimum absolute atomic E-state index is 0.154. The molecule has 1 saturated heterocycles. The van der Waals surface area contributed by atoms with Crippen molar-refractivity contribution in [1.29, 1.82) is 0 Å². The summed E-state index contributed by atoms with van der Waals surface area (Å²) in [5.74, 6) is -6.86. The van der Waals surface area contributed by atoms with Crippen molar-refractivity contribution >= 4 is 27.4 Å². The molecule has 1 N–H and O–H groups in total. The van der Waals surface area contributed by atoms with E-state index in [-0.39, 0.29) is 9.92 Å². The number of carboxylic acids is 1. The minimum Gasteiger partial charge on any atom is -0.480 e. The Morgan fingerprint density at radius 1 is 1.23 bits per heavy atom. The van der Waals surface area contributed by atoms with Crippen molar-refractivity contribution < 1.29 is 40.3 Å². The van der Waals surface area contributed by atoms with E-state index in [1.807, 2.05) is 0 Å². The van der Waals surface area contributed by atoms with Crippen LogP contribution in [0.2, 0.25) is 5.02 Å². The number of aliphatic carboxylic acids is 1. The van der Waals surface area contributed by atoms with Gasteiger partial charge >= 0.3 is 18.1 Å². The van der Waals surface area contributed by atoms with Crippen LogP contribution in [0, 0.1) is 0 Å². The van der Waals surface area contributed by atoms with E-state index in [1.165, 1.54) is 18.2 Å². The van der Waals surface area contributed by atoms with Crippen LogP contribution in [0.5, 0.6) is 0 Å². The summed E-state index contributed by atoms with van der Waals surface area (Å²) in [5, 5.41) is 7.47. The van der Waals surface area contributed by atoms with Crippen LogP contribution in [0.1, 0.15) is 6.42 Å². The van der Waals surface area contributed by atoms with Gasteiger partial charge in [0.2, 0.25) is 0 Å². The molecule has 2 rings (SSSR count). The topological polar surface area (TPSA) is 74.7 Å². The molecule has 0 aliphatic carbocycles. The van der Waals surface area contributed by atoms with E-state index in [2.05, 4.69) is 0 Å². The van der Waals surface area contributed by atoms with E-state index < -0.39 is 58.7 Å². The van der Waals surface area contributed by atoms with E-state index in [0.717, 1.165) is 6.07 Å². The van der Waals surface area contributed by atoms with Gasteiger partial charge in [-0.3, -0.25) is 9.69 Å². The van der Waals surface area contributed by atoms with Crippen molar-refractivity contribution in [3.8, 4) is 0 Å². The Morgan fingerprint density at radius 2 is 1.81 bits per heavy atom. The van der Waals surface area contributed by atoms with Crippen molar-refractivity contribution in [3.63, 3.8) is 0 Å². The first kappa shape index (κ1) is 20.8. The second kappa shape index (κ2) is 6.93. The molecule has 1 aliphatic heterocycles. The summed E-state index contributed by atoms with van der Waals surface area (Å²) < 4.78 is 89.0. The van der Waals surface area contributed by atoms with Gasteiger partial charge in [0.15, 0.2) is 9.84 Å². The number of carboxylic acid groups (broad SMARTS) is 1. The number of carbonyl (C=O) groups is 1. The zero-order valence-corrected chi connectivity index (χ0v) is 14.5. The molecular formula is C14H13ClF5NO4S. The van der Waals surface area contributed by atoms with Crippen LogP contribution in [-0.2, 0) is 14.6 Å². The Morgan fingerprint density at radius 3 is 2.31 bits per heavy atom. The molecule has 0 amide bonds. The first-order chi connectivity index (χ1) is 11.8. The SMILES string of the molecule is O=C(O)[C@@H]1C[C@@H](S(=O)(=O)c2ccccc2Cl)CN1CC(F)(F)C(F)(F)F. The monoisotopic (exact) mass is 421 g/mol. The van der Waals surface area contributed by atoms with Crippen LogP contribution >= 0.6 is 11.6 Å². The second-order valence-electron chi connectivity index (χ2n) is 5.82. The van der Waals surface area contributed by atoms with Gasteiger partial charge in [-0.05, 0) is 18.6 Å². The number of likely N-dealkylation sites (tertiary alicyclic amines) is 1. The van der Waals surface area contributed by atoms with Gasteiger partial charge < -0.3 is 5.11 Å². The second-order valence-corrected chi connectivity index (χ2v) is 8.42. The third-order valence-corrected chi connectivity index (χ3v) is 6.68. The van der Waals surface area contributed by atoms with Gasteiger partial charge in [0.1, 0.15) is 6.04 Å². The van der Waals surface area contributed by atoms with Gasteiger partial charge in [-0.2, -0.15) is 22.0 Å². The Hall–Kier alpha value is -1.46. The molecule has 1 aromatic carbocycles. The fourth-order valence-electron chi connectivity index (χ4n) is 2.72. The molecule has 0 radical (unpaired) electrons. The standard InChI is InChI=1S/C14H13ClF5NO4S/c15-9-3-1-2-4-11(9)26(24,25)8-5-10(12(22)23)21(6-8)7-13(16,17)14(18,19)20/h1-4,8,10H,5-7H2,(H,22,23)/t8-,10+/m1/s1. The molecule has 1 fully saturated rings. The third kappa shape index (κ3) is 3.94. The van der Waals surface area contributed by atoms with E-state index in [1.54, 1.807) is 0 Å². The Kier molecular flexibility index (Phi) is 5.56. The van der Waals surface area contributed by atoms with Gasteiger partial charge in [0.05, 0.1) is 21.7 Å². The molecule has 12 heteroatoms. The summed E-state index contributed by atoms with van der Waals surface area (Å²) in [7, 11) is -4.22. The Balaban J connectivity index is 2.32. The van der Waals surface area contributed by atoms with Gasteiger partial charge in [0.25, 0.3) is 0 Å². The zero-order chi connectivity index (χ0) is 19.9. The molecule has 0 saturated carbocycles. The van der Waals surface area contributed by atoms with Crippen LogP contribution in [0.25, 0.3) is 0 Å². The molecule has 1 aromatic rings. The van der Waals surface area contributed by atoms with Gasteiger partial charge in [-0.15, -0.1) is 0 Å². The average Bonchev–Trinajstić information content (AvgIpc) is 2.90. The number of alkyl halides is 5. The summed E-state index contributed by atoms with van der Waals surface area (Å²) in [6.07, 6.45) is -6.51. The summed E-state index contributed by atoms with van der Waals surface area (Å²) in [5.41, 5.74) is 0. The number of nitrogens with zero attached hydrogens (tertiary/aromatic N) is 1. The number of rotatable bonds is 5. The van der Waals surface area contributed by atoms with E-state index in [0.29, 0.717) is 4.90 Å². The quantitative estimate of drug-likeness (QED) is 0.740. The highest BCUT2D eigenvalue weighted by Crippen LogP contribution is 2.39. The largest absolute Gasteiger partial charge is 0.480 e. The fourth-order valence-corrected chi connectivity index (χ4v) is 4.97. The smallest absolute Gasteiger partial charge is 0.454 e. The highest BCUT2D eigenvalue weighted by Gasteiger charge is 2.60. The number of sulfone groups is 1. The minimum atomic E-state index is -5.88. The predicted octanol–water partition coefficient (Wildman–Crippen LogP) is 2.84. The lowest BCUT2D eigenvalue weighted by Crippen LogP contribution is -2.50. The summed E-state index contributed by atoms with van der Waals surface area (Å²) in [6.45, 7) is -2.72. The van der Waals surface area contributed by atoms with E-state index in [4.69, 9.17) is 16.7 Å². The Bertz CT molecular complexity index is 799. The predicted molar refractivity (Wildman–Crippen MR) is 81.0 cm³/mol. The van der Waals surface area contributed by atoms with Crippen LogP contribution in [0.4, 0.5) is 22.0 Å². The molecule has 2 atom stereocenters. The van der Waals surface area contributed by atoms with Crippen LogP contribution in [-0.4, -0.2) is 60.9 Å². The van der Waals surface area contributed by atoms with Crippen molar-refractivity contribution in [2.45, 2.75) is 34.7 Å². The molecule has 1 heterocycles. The molecule has 5 nitrogen and oxygen atoms in total. The third-order valence-electron chi connectivity index (χ3n) is 4.05. The maximum absolute atomic E-state index is 13.3. The maximum atomic E-state index is 13.3. The van der Waals surface area contributed by atoms with Crippen LogP contribution < -0.4 is 0 Å². The molecule has 146 valence electrons. The molecule has 26 heavy (non-hydrogen) atoms. The summed E-state index contributed by atoms with van der Waals surface area (Å²) in [6, 6.07) is 3.45. The van der Waals surface area contributed by atoms with Crippen LogP contribution in [0.3, 0.4) is 0 Å². The number of hydrogen-bond donors (Lipinski definition) is 1. The first-order valence-electron chi connectivity index (χ1n) is 7.17. The van der Waals surface area contributed by atoms with Crippen molar-refractivity contribution in [3.05, 3.63) is 29.3 Å². The molecule has 0 aromatic heterocycles. The number of hydrogen-bond acceptors (Lipinski definition) is 4.